The van der Waals surface area contributed by atoms with Gasteiger partial charge in [0.1, 0.15) is 5.82 Å². The summed E-state index contributed by atoms with van der Waals surface area (Å²) in [6, 6.07) is 6.10. The summed E-state index contributed by atoms with van der Waals surface area (Å²) in [6.07, 6.45) is 0. The SMILES string of the molecule is COc1c(CO)c(C(C)C)nn1-c1cccc(F)c1. The highest BCUT2D eigenvalue weighted by atomic mass is 19.1. The molecule has 0 unspecified atom stereocenters. The van der Waals surface area contributed by atoms with Crippen molar-refractivity contribution in [2.75, 3.05) is 7.11 Å². The Morgan fingerprint density at radius 3 is 2.68 bits per heavy atom. The van der Waals surface area contributed by atoms with Crippen LogP contribution >= 0.6 is 0 Å². The molecule has 0 saturated heterocycles. The van der Waals surface area contributed by atoms with Crippen LogP contribution in [-0.2, 0) is 6.61 Å². The molecule has 0 atom stereocenters. The highest BCUT2D eigenvalue weighted by Gasteiger charge is 2.21. The van der Waals surface area contributed by atoms with Gasteiger partial charge in [-0.25, -0.2) is 9.07 Å². The summed E-state index contributed by atoms with van der Waals surface area (Å²) in [7, 11) is 1.51. The minimum absolute atomic E-state index is 0.144. The molecule has 4 nitrogen and oxygen atoms in total. The van der Waals surface area contributed by atoms with Crippen molar-refractivity contribution in [3.63, 3.8) is 0 Å². The van der Waals surface area contributed by atoms with Crippen LogP contribution < -0.4 is 4.74 Å². The molecule has 19 heavy (non-hydrogen) atoms. The number of halogens is 1. The van der Waals surface area contributed by atoms with Gasteiger partial charge in [0.05, 0.1) is 30.7 Å². The van der Waals surface area contributed by atoms with Gasteiger partial charge in [0, 0.05) is 0 Å². The lowest BCUT2D eigenvalue weighted by atomic mass is 10.1. The van der Waals surface area contributed by atoms with Crippen molar-refractivity contribution in [2.45, 2.75) is 26.4 Å². The fourth-order valence-corrected chi connectivity index (χ4v) is 2.06. The molecular formula is C14H17FN2O2. The number of ether oxygens (including phenoxy) is 1. The second-order valence-electron chi connectivity index (χ2n) is 4.58. The summed E-state index contributed by atoms with van der Waals surface area (Å²) in [6.45, 7) is 3.81. The van der Waals surface area contributed by atoms with Crippen LogP contribution in [0.15, 0.2) is 24.3 Å². The van der Waals surface area contributed by atoms with E-state index in [2.05, 4.69) is 5.10 Å². The molecule has 2 rings (SSSR count). The van der Waals surface area contributed by atoms with E-state index in [0.717, 1.165) is 5.69 Å². The zero-order valence-corrected chi connectivity index (χ0v) is 11.2. The summed E-state index contributed by atoms with van der Waals surface area (Å²) in [5, 5.41) is 13.9. The molecule has 102 valence electrons. The molecule has 0 saturated carbocycles. The van der Waals surface area contributed by atoms with E-state index in [1.54, 1.807) is 12.1 Å². The molecule has 1 aromatic heterocycles. The lowest BCUT2D eigenvalue weighted by Gasteiger charge is -2.07. The Bertz CT molecular complexity index is 579. The zero-order chi connectivity index (χ0) is 14.0. The Morgan fingerprint density at radius 2 is 2.16 bits per heavy atom. The van der Waals surface area contributed by atoms with E-state index in [9.17, 15) is 9.50 Å². The summed E-state index contributed by atoms with van der Waals surface area (Å²) in [4.78, 5) is 0. The number of hydrogen-bond acceptors (Lipinski definition) is 3. The van der Waals surface area contributed by atoms with Crippen LogP contribution in [0.1, 0.15) is 31.0 Å². The van der Waals surface area contributed by atoms with E-state index >= 15 is 0 Å². The van der Waals surface area contributed by atoms with Crippen LogP contribution in [0.25, 0.3) is 5.69 Å². The third-order valence-electron chi connectivity index (χ3n) is 2.92. The molecule has 0 amide bonds. The van der Waals surface area contributed by atoms with Crippen molar-refractivity contribution in [3.8, 4) is 11.6 Å². The first kappa shape index (κ1) is 13.5. The molecule has 1 heterocycles. The van der Waals surface area contributed by atoms with E-state index in [-0.39, 0.29) is 18.3 Å². The lowest BCUT2D eigenvalue weighted by molar-refractivity contribution is 0.270. The second kappa shape index (κ2) is 5.40. The molecule has 2 aromatic rings. The van der Waals surface area contributed by atoms with E-state index in [1.807, 2.05) is 13.8 Å². The zero-order valence-electron chi connectivity index (χ0n) is 11.2. The number of benzene rings is 1. The van der Waals surface area contributed by atoms with Crippen molar-refractivity contribution < 1.29 is 14.2 Å². The van der Waals surface area contributed by atoms with Gasteiger partial charge in [0.25, 0.3) is 0 Å². The van der Waals surface area contributed by atoms with Gasteiger partial charge in [-0.2, -0.15) is 5.10 Å². The molecular weight excluding hydrogens is 247 g/mol. The molecule has 0 fully saturated rings. The van der Waals surface area contributed by atoms with Crippen LogP contribution in [-0.4, -0.2) is 22.0 Å². The molecule has 0 radical (unpaired) electrons. The van der Waals surface area contributed by atoms with Gasteiger partial charge in [0.15, 0.2) is 0 Å². The van der Waals surface area contributed by atoms with Crippen LogP contribution in [0.3, 0.4) is 0 Å². The summed E-state index contributed by atoms with van der Waals surface area (Å²) < 4.78 is 20.1. The number of aliphatic hydroxyl groups excluding tert-OH is 1. The van der Waals surface area contributed by atoms with Crippen LogP contribution in [0.2, 0.25) is 0 Å². The monoisotopic (exact) mass is 264 g/mol. The molecule has 1 aromatic carbocycles. The van der Waals surface area contributed by atoms with Gasteiger partial charge in [-0.1, -0.05) is 19.9 Å². The standard InChI is InChI=1S/C14H17FN2O2/c1-9(2)13-12(8-18)14(19-3)17(16-13)11-6-4-5-10(15)7-11/h4-7,9,18H,8H2,1-3H3. The Labute approximate surface area is 111 Å². The predicted octanol–water partition coefficient (Wildman–Crippen LogP) is 2.64. The van der Waals surface area contributed by atoms with Gasteiger partial charge < -0.3 is 9.84 Å². The van der Waals surface area contributed by atoms with Gasteiger partial charge in [-0.05, 0) is 24.1 Å². The number of nitrogens with zero attached hydrogens (tertiary/aromatic N) is 2. The summed E-state index contributed by atoms with van der Waals surface area (Å²) in [5.74, 6) is 0.245. The first-order valence-corrected chi connectivity index (χ1v) is 6.11. The number of hydrogen-bond donors (Lipinski definition) is 1. The molecule has 0 bridgehead atoms. The fraction of sp³-hybridized carbons (Fsp3) is 0.357. The summed E-state index contributed by atoms with van der Waals surface area (Å²) in [5.41, 5.74) is 1.96. The van der Waals surface area contributed by atoms with Crippen molar-refractivity contribution >= 4 is 0 Å². The average molecular weight is 264 g/mol. The lowest BCUT2D eigenvalue weighted by Crippen LogP contribution is -2.01. The van der Waals surface area contributed by atoms with Crippen molar-refractivity contribution in [2.24, 2.45) is 0 Å². The number of aromatic nitrogens is 2. The Hall–Kier alpha value is -1.88. The van der Waals surface area contributed by atoms with Gasteiger partial charge in [-0.3, -0.25) is 0 Å². The Kier molecular flexibility index (Phi) is 3.85. The third-order valence-corrected chi connectivity index (χ3v) is 2.92. The van der Waals surface area contributed by atoms with Crippen LogP contribution in [0.4, 0.5) is 4.39 Å². The van der Waals surface area contributed by atoms with Crippen molar-refractivity contribution in [1.29, 1.82) is 0 Å². The minimum atomic E-state index is -0.341. The fourth-order valence-electron chi connectivity index (χ4n) is 2.06. The predicted molar refractivity (Wildman–Crippen MR) is 70.1 cm³/mol. The van der Waals surface area contributed by atoms with Gasteiger partial charge >= 0.3 is 0 Å². The largest absolute Gasteiger partial charge is 0.481 e. The Morgan fingerprint density at radius 1 is 1.42 bits per heavy atom. The molecule has 1 N–H and O–H groups in total. The van der Waals surface area contributed by atoms with Crippen LogP contribution in [0, 0.1) is 5.82 Å². The molecule has 0 aliphatic rings. The first-order valence-electron chi connectivity index (χ1n) is 6.11. The summed E-state index contributed by atoms with van der Waals surface area (Å²) >= 11 is 0. The molecule has 0 aliphatic carbocycles. The van der Waals surface area contributed by atoms with E-state index in [1.165, 1.54) is 23.9 Å². The van der Waals surface area contributed by atoms with E-state index in [4.69, 9.17) is 4.74 Å². The number of rotatable bonds is 4. The first-order chi connectivity index (χ1) is 9.08. The average Bonchev–Trinajstić information content (AvgIpc) is 2.77. The van der Waals surface area contributed by atoms with E-state index < -0.39 is 0 Å². The molecule has 5 heteroatoms. The second-order valence-corrected chi connectivity index (χ2v) is 4.58. The smallest absolute Gasteiger partial charge is 0.222 e. The van der Waals surface area contributed by atoms with Crippen molar-refractivity contribution in [1.82, 2.24) is 9.78 Å². The number of aliphatic hydroxyl groups is 1. The van der Waals surface area contributed by atoms with Crippen LogP contribution in [0.5, 0.6) is 5.88 Å². The molecule has 0 aliphatic heterocycles. The third kappa shape index (κ3) is 2.46. The number of methoxy groups -OCH3 is 1. The van der Waals surface area contributed by atoms with Crippen molar-refractivity contribution in [3.05, 3.63) is 41.3 Å². The maximum atomic E-state index is 13.3. The highest BCUT2D eigenvalue weighted by Crippen LogP contribution is 2.30. The minimum Gasteiger partial charge on any atom is -0.481 e. The van der Waals surface area contributed by atoms with Gasteiger partial charge in [0.2, 0.25) is 5.88 Å². The molecule has 0 spiro atoms. The van der Waals surface area contributed by atoms with E-state index in [0.29, 0.717) is 17.1 Å². The topological polar surface area (TPSA) is 47.3 Å². The maximum Gasteiger partial charge on any atom is 0.222 e. The van der Waals surface area contributed by atoms with Gasteiger partial charge in [-0.15, -0.1) is 0 Å². The maximum absolute atomic E-state index is 13.3. The highest BCUT2D eigenvalue weighted by molar-refractivity contribution is 5.42. The Balaban J connectivity index is 2.63. The quantitative estimate of drug-likeness (QED) is 0.923. The normalized spacial score (nSPS) is 11.1.